The standard InChI is InChI=1S/C20H41N5O3/c1-15(26)16(8-2-5-11-21)14-19(27)18(10-4-7-13-23)25-20(28)17(24)9-3-6-12-22/h16-18H,2-14,21-24H2,1H3,(H,25,28)/t16-,17+,18+/m1/s1. The summed E-state index contributed by atoms with van der Waals surface area (Å²) in [5.41, 5.74) is 22.5. The number of carbonyl (C=O) groups is 3. The Morgan fingerprint density at radius 3 is 1.79 bits per heavy atom. The quantitative estimate of drug-likeness (QED) is 0.207. The van der Waals surface area contributed by atoms with Gasteiger partial charge in [0, 0.05) is 12.3 Å². The fourth-order valence-electron chi connectivity index (χ4n) is 3.09. The largest absolute Gasteiger partial charge is 0.345 e. The maximum Gasteiger partial charge on any atom is 0.237 e. The Kier molecular flexibility index (Phi) is 15.8. The molecule has 0 bridgehead atoms. The zero-order valence-electron chi connectivity index (χ0n) is 17.5. The molecule has 164 valence electrons. The van der Waals surface area contributed by atoms with Crippen LogP contribution in [0.4, 0.5) is 0 Å². The summed E-state index contributed by atoms with van der Waals surface area (Å²) in [7, 11) is 0. The first kappa shape index (κ1) is 26.6. The molecule has 0 fully saturated rings. The van der Waals surface area contributed by atoms with Crippen LogP contribution in [0.1, 0.15) is 71.1 Å². The molecule has 0 aliphatic carbocycles. The molecular weight excluding hydrogens is 358 g/mol. The van der Waals surface area contributed by atoms with Gasteiger partial charge < -0.3 is 28.3 Å². The number of rotatable bonds is 18. The van der Waals surface area contributed by atoms with E-state index in [4.69, 9.17) is 22.9 Å². The average Bonchev–Trinajstić information content (AvgIpc) is 2.66. The van der Waals surface area contributed by atoms with E-state index >= 15 is 0 Å². The first-order valence-electron chi connectivity index (χ1n) is 10.6. The van der Waals surface area contributed by atoms with Gasteiger partial charge in [-0.3, -0.25) is 14.4 Å². The highest BCUT2D eigenvalue weighted by Crippen LogP contribution is 2.17. The second-order valence-electron chi connectivity index (χ2n) is 7.50. The molecule has 0 unspecified atom stereocenters. The highest BCUT2D eigenvalue weighted by Gasteiger charge is 2.26. The third kappa shape index (κ3) is 12.2. The Hall–Kier alpha value is -1.35. The lowest BCUT2D eigenvalue weighted by atomic mass is 9.89. The Labute approximate surface area is 169 Å². The lowest BCUT2D eigenvalue weighted by molar-refractivity contribution is -0.131. The second-order valence-corrected chi connectivity index (χ2v) is 7.50. The molecule has 0 rings (SSSR count). The minimum Gasteiger partial charge on any atom is -0.345 e. The normalized spacial score (nSPS) is 14.3. The van der Waals surface area contributed by atoms with Crippen LogP contribution in [0.15, 0.2) is 0 Å². The van der Waals surface area contributed by atoms with Crippen LogP contribution in [0.5, 0.6) is 0 Å². The van der Waals surface area contributed by atoms with Gasteiger partial charge in [0.1, 0.15) is 5.78 Å². The van der Waals surface area contributed by atoms with Crippen molar-refractivity contribution < 1.29 is 14.4 Å². The van der Waals surface area contributed by atoms with Crippen LogP contribution in [0.25, 0.3) is 0 Å². The van der Waals surface area contributed by atoms with Crippen LogP contribution in [0.2, 0.25) is 0 Å². The first-order valence-corrected chi connectivity index (χ1v) is 10.6. The maximum absolute atomic E-state index is 12.8. The Morgan fingerprint density at radius 2 is 1.29 bits per heavy atom. The third-order valence-corrected chi connectivity index (χ3v) is 4.99. The van der Waals surface area contributed by atoms with E-state index in [-0.39, 0.29) is 29.8 Å². The summed E-state index contributed by atoms with van der Waals surface area (Å²) in [5, 5.41) is 2.80. The van der Waals surface area contributed by atoms with Gasteiger partial charge >= 0.3 is 0 Å². The van der Waals surface area contributed by atoms with Crippen LogP contribution in [0, 0.1) is 5.92 Å². The van der Waals surface area contributed by atoms with Gasteiger partial charge in [-0.15, -0.1) is 0 Å². The van der Waals surface area contributed by atoms with Gasteiger partial charge in [-0.2, -0.15) is 0 Å². The van der Waals surface area contributed by atoms with E-state index in [0.29, 0.717) is 38.9 Å². The number of ketones is 2. The van der Waals surface area contributed by atoms with Crippen LogP contribution in [-0.2, 0) is 14.4 Å². The molecule has 0 aliphatic rings. The summed E-state index contributed by atoms with van der Waals surface area (Å²) >= 11 is 0. The first-order chi connectivity index (χ1) is 13.4. The highest BCUT2D eigenvalue weighted by molar-refractivity contribution is 5.93. The fraction of sp³-hybridized carbons (Fsp3) is 0.850. The second kappa shape index (κ2) is 16.6. The van der Waals surface area contributed by atoms with Crippen molar-refractivity contribution in [3.8, 4) is 0 Å². The van der Waals surface area contributed by atoms with E-state index in [0.717, 1.165) is 38.5 Å². The number of nitrogens with two attached hydrogens (primary N) is 4. The smallest absolute Gasteiger partial charge is 0.237 e. The highest BCUT2D eigenvalue weighted by atomic mass is 16.2. The van der Waals surface area contributed by atoms with Gasteiger partial charge in [-0.25, -0.2) is 0 Å². The summed E-state index contributed by atoms with van der Waals surface area (Å²) < 4.78 is 0. The molecule has 0 radical (unpaired) electrons. The average molecular weight is 400 g/mol. The van der Waals surface area contributed by atoms with E-state index in [1.54, 1.807) is 0 Å². The number of unbranched alkanes of at least 4 members (excludes halogenated alkanes) is 3. The molecule has 0 saturated carbocycles. The van der Waals surface area contributed by atoms with Gasteiger partial charge in [0.05, 0.1) is 12.1 Å². The van der Waals surface area contributed by atoms with Gasteiger partial charge in [-0.1, -0.05) is 12.8 Å². The number of carbonyl (C=O) groups excluding carboxylic acids is 3. The monoisotopic (exact) mass is 399 g/mol. The van der Waals surface area contributed by atoms with Gasteiger partial charge in [0.2, 0.25) is 5.91 Å². The van der Waals surface area contributed by atoms with Crippen molar-refractivity contribution in [2.45, 2.75) is 83.2 Å². The molecule has 0 heterocycles. The Balaban J connectivity index is 4.86. The van der Waals surface area contributed by atoms with E-state index in [9.17, 15) is 14.4 Å². The van der Waals surface area contributed by atoms with Crippen molar-refractivity contribution in [3.63, 3.8) is 0 Å². The molecule has 0 aromatic heterocycles. The van der Waals surface area contributed by atoms with Gasteiger partial charge in [0.15, 0.2) is 5.78 Å². The summed E-state index contributed by atoms with van der Waals surface area (Å²) in [6.45, 7) is 3.17. The van der Waals surface area contributed by atoms with Crippen molar-refractivity contribution >= 4 is 17.5 Å². The predicted octanol–water partition coefficient (Wildman–Crippen LogP) is 0.350. The van der Waals surface area contributed by atoms with Gasteiger partial charge in [-0.05, 0) is 71.5 Å². The molecule has 0 saturated heterocycles. The van der Waals surface area contributed by atoms with Crippen molar-refractivity contribution in [1.29, 1.82) is 0 Å². The number of hydrogen-bond donors (Lipinski definition) is 5. The van der Waals surface area contributed by atoms with Crippen LogP contribution >= 0.6 is 0 Å². The SMILES string of the molecule is CC(=O)[C@H](CCCCN)CC(=O)[C@H](CCCCN)NC(=O)[C@@H](N)CCCCN. The molecule has 9 N–H and O–H groups in total. The molecule has 8 heteroatoms. The lowest BCUT2D eigenvalue weighted by Crippen LogP contribution is -2.48. The molecule has 3 atom stereocenters. The van der Waals surface area contributed by atoms with E-state index in [2.05, 4.69) is 5.32 Å². The van der Waals surface area contributed by atoms with Gasteiger partial charge in [0.25, 0.3) is 0 Å². The molecule has 1 amide bonds. The minimum atomic E-state index is -0.662. The molecule has 0 spiro atoms. The van der Waals surface area contributed by atoms with Crippen LogP contribution in [0.3, 0.4) is 0 Å². The zero-order chi connectivity index (χ0) is 21.4. The zero-order valence-corrected chi connectivity index (χ0v) is 17.5. The topological polar surface area (TPSA) is 167 Å². The summed E-state index contributed by atoms with van der Waals surface area (Å²) in [5.74, 6) is -0.778. The Morgan fingerprint density at radius 1 is 0.786 bits per heavy atom. The van der Waals surface area contributed by atoms with E-state index in [1.165, 1.54) is 6.92 Å². The molecular formula is C20H41N5O3. The maximum atomic E-state index is 12.8. The number of amides is 1. The molecule has 28 heavy (non-hydrogen) atoms. The van der Waals surface area contributed by atoms with E-state index in [1.807, 2.05) is 0 Å². The fourth-order valence-corrected chi connectivity index (χ4v) is 3.09. The number of Topliss-reactive ketones (excluding diaryl/α,β-unsaturated/α-hetero) is 2. The van der Waals surface area contributed by atoms with Crippen molar-refractivity contribution in [2.24, 2.45) is 28.9 Å². The molecule has 8 nitrogen and oxygen atoms in total. The van der Waals surface area contributed by atoms with Crippen molar-refractivity contribution in [2.75, 3.05) is 19.6 Å². The summed E-state index contributed by atoms with van der Waals surface area (Å²) in [4.78, 5) is 37.1. The van der Waals surface area contributed by atoms with Crippen molar-refractivity contribution in [3.05, 3.63) is 0 Å². The van der Waals surface area contributed by atoms with E-state index < -0.39 is 12.1 Å². The van der Waals surface area contributed by atoms with Crippen LogP contribution in [-0.4, -0.2) is 49.2 Å². The summed E-state index contributed by atoms with van der Waals surface area (Å²) in [6, 6.07) is -1.29. The third-order valence-electron chi connectivity index (χ3n) is 4.99. The summed E-state index contributed by atoms with van der Waals surface area (Å²) in [6.07, 6.45) is 6.52. The van der Waals surface area contributed by atoms with Crippen LogP contribution < -0.4 is 28.3 Å². The molecule has 0 aromatic rings. The number of hydrogen-bond acceptors (Lipinski definition) is 7. The predicted molar refractivity (Wildman–Crippen MR) is 112 cm³/mol. The molecule has 0 aliphatic heterocycles. The minimum absolute atomic E-state index is 0.00380. The lowest BCUT2D eigenvalue weighted by Gasteiger charge is -2.22. The Bertz CT molecular complexity index is 459. The molecule has 0 aromatic carbocycles. The van der Waals surface area contributed by atoms with Crippen molar-refractivity contribution in [1.82, 2.24) is 5.32 Å². The number of nitrogens with one attached hydrogen (secondary N) is 1.